The lowest BCUT2D eigenvalue weighted by atomic mass is 10.1. The highest BCUT2D eigenvalue weighted by Gasteiger charge is 2.15. The number of rotatable bonds is 8. The third-order valence-electron chi connectivity index (χ3n) is 4.87. The molecule has 166 valence electrons. The predicted molar refractivity (Wildman–Crippen MR) is 128 cm³/mol. The van der Waals surface area contributed by atoms with Gasteiger partial charge in [-0.3, -0.25) is 4.68 Å². The second kappa shape index (κ2) is 11.3. The molecule has 0 bridgehead atoms. The zero-order valence-electron chi connectivity index (χ0n) is 18.3. The molecule has 0 radical (unpaired) electrons. The molecule has 30 heavy (non-hydrogen) atoms. The van der Waals surface area contributed by atoms with Crippen LogP contribution in [0.1, 0.15) is 30.8 Å². The molecule has 0 saturated heterocycles. The smallest absolute Gasteiger partial charge is 0.231 e. The van der Waals surface area contributed by atoms with Gasteiger partial charge in [0, 0.05) is 31.4 Å². The van der Waals surface area contributed by atoms with Crippen molar-refractivity contribution in [3.63, 3.8) is 0 Å². The molecule has 1 aromatic heterocycles. The SMILES string of the molecule is CCNC(=NCCOc1ccc2c(c1)OCO2)NC(C)Cc1c(C)nn(C)c1C.I. The minimum absolute atomic E-state index is 0. The van der Waals surface area contributed by atoms with Crippen LogP contribution in [0.15, 0.2) is 23.2 Å². The van der Waals surface area contributed by atoms with Crippen molar-refractivity contribution in [3.8, 4) is 17.2 Å². The Morgan fingerprint density at radius 3 is 2.77 bits per heavy atom. The van der Waals surface area contributed by atoms with E-state index in [1.807, 2.05) is 29.9 Å². The van der Waals surface area contributed by atoms with Gasteiger partial charge >= 0.3 is 0 Å². The molecule has 2 heterocycles. The summed E-state index contributed by atoms with van der Waals surface area (Å²) < 4.78 is 18.4. The van der Waals surface area contributed by atoms with Crippen LogP contribution >= 0.6 is 24.0 Å². The summed E-state index contributed by atoms with van der Waals surface area (Å²) in [6, 6.07) is 5.80. The molecule has 2 N–H and O–H groups in total. The monoisotopic (exact) mass is 529 g/mol. The van der Waals surface area contributed by atoms with Gasteiger partial charge in [-0.15, -0.1) is 24.0 Å². The van der Waals surface area contributed by atoms with Crippen molar-refractivity contribution in [2.75, 3.05) is 26.5 Å². The van der Waals surface area contributed by atoms with Gasteiger partial charge in [-0.05, 0) is 51.8 Å². The molecule has 1 aliphatic rings. The van der Waals surface area contributed by atoms with Gasteiger partial charge in [0.05, 0.1) is 12.2 Å². The highest BCUT2D eigenvalue weighted by molar-refractivity contribution is 14.0. The summed E-state index contributed by atoms with van der Waals surface area (Å²) in [5.74, 6) is 3.00. The highest BCUT2D eigenvalue weighted by atomic mass is 127. The molecule has 1 atom stereocenters. The molecular formula is C21H32IN5O3. The van der Waals surface area contributed by atoms with Gasteiger partial charge in [-0.25, -0.2) is 4.99 Å². The lowest BCUT2D eigenvalue weighted by Gasteiger charge is -2.18. The second-order valence-electron chi connectivity index (χ2n) is 7.15. The van der Waals surface area contributed by atoms with E-state index in [0.717, 1.165) is 41.9 Å². The van der Waals surface area contributed by atoms with Crippen LogP contribution in [0, 0.1) is 13.8 Å². The number of fused-ring (bicyclic) bond motifs is 1. The Morgan fingerprint density at radius 2 is 2.07 bits per heavy atom. The van der Waals surface area contributed by atoms with Crippen molar-refractivity contribution >= 4 is 29.9 Å². The topological polar surface area (TPSA) is 81.9 Å². The predicted octanol–water partition coefficient (Wildman–Crippen LogP) is 2.95. The summed E-state index contributed by atoms with van der Waals surface area (Å²) >= 11 is 0. The Bertz CT molecular complexity index is 869. The fraction of sp³-hybridized carbons (Fsp3) is 0.524. The molecule has 1 unspecified atom stereocenters. The van der Waals surface area contributed by atoms with Gasteiger partial charge in [0.15, 0.2) is 17.5 Å². The van der Waals surface area contributed by atoms with Crippen LogP contribution in [0.2, 0.25) is 0 Å². The maximum Gasteiger partial charge on any atom is 0.231 e. The van der Waals surface area contributed by atoms with Crippen LogP contribution in [0.3, 0.4) is 0 Å². The number of aliphatic imine (C=N–C) groups is 1. The first kappa shape index (κ1) is 24.1. The molecule has 2 aromatic rings. The van der Waals surface area contributed by atoms with Crippen LogP contribution in [-0.2, 0) is 13.5 Å². The fourth-order valence-electron chi connectivity index (χ4n) is 3.31. The average molecular weight is 529 g/mol. The van der Waals surface area contributed by atoms with E-state index in [-0.39, 0.29) is 36.8 Å². The zero-order valence-corrected chi connectivity index (χ0v) is 20.6. The number of benzene rings is 1. The standard InChI is InChI=1S/C21H31N5O3.HI/c1-6-22-21(24-14(2)11-18-15(3)25-26(5)16(18)4)23-9-10-27-17-7-8-19-20(12-17)29-13-28-19;/h7-8,12,14H,6,9-11,13H2,1-5H3,(H2,22,23,24);1H. The first-order chi connectivity index (χ1) is 14.0. The van der Waals surface area contributed by atoms with E-state index >= 15 is 0 Å². The van der Waals surface area contributed by atoms with Crippen molar-refractivity contribution in [3.05, 3.63) is 35.2 Å². The molecule has 8 nitrogen and oxygen atoms in total. The molecule has 0 amide bonds. The van der Waals surface area contributed by atoms with Crippen LogP contribution in [0.5, 0.6) is 17.2 Å². The number of guanidine groups is 1. The Hall–Kier alpha value is -2.17. The number of ether oxygens (including phenoxy) is 3. The first-order valence-electron chi connectivity index (χ1n) is 10.0. The normalized spacial score (nSPS) is 13.6. The van der Waals surface area contributed by atoms with E-state index in [1.165, 1.54) is 11.3 Å². The molecule has 3 rings (SSSR count). The van der Waals surface area contributed by atoms with Crippen LogP contribution < -0.4 is 24.8 Å². The lowest BCUT2D eigenvalue weighted by Crippen LogP contribution is -2.43. The maximum atomic E-state index is 5.79. The number of nitrogens with one attached hydrogen (secondary N) is 2. The molecule has 9 heteroatoms. The summed E-state index contributed by atoms with van der Waals surface area (Å²) in [4.78, 5) is 4.63. The number of aryl methyl sites for hydroxylation is 2. The highest BCUT2D eigenvalue weighted by Crippen LogP contribution is 2.34. The van der Waals surface area contributed by atoms with E-state index < -0.39 is 0 Å². The summed E-state index contributed by atoms with van der Waals surface area (Å²) in [5, 5.41) is 11.3. The Morgan fingerprint density at radius 1 is 1.30 bits per heavy atom. The van der Waals surface area contributed by atoms with Crippen molar-refractivity contribution in [2.45, 2.75) is 40.2 Å². The number of hydrogen-bond donors (Lipinski definition) is 2. The lowest BCUT2D eigenvalue weighted by molar-refractivity contribution is 0.173. The van der Waals surface area contributed by atoms with Gasteiger partial charge in [0.25, 0.3) is 0 Å². The molecule has 0 saturated carbocycles. The Balaban J connectivity index is 0.00000320. The number of halogens is 1. The second-order valence-corrected chi connectivity index (χ2v) is 7.15. The molecular weight excluding hydrogens is 497 g/mol. The van der Waals surface area contributed by atoms with Crippen LogP contribution in [0.4, 0.5) is 0 Å². The van der Waals surface area contributed by atoms with Gasteiger partial charge in [0.1, 0.15) is 12.4 Å². The maximum absolute atomic E-state index is 5.79. The van der Waals surface area contributed by atoms with Crippen molar-refractivity contribution in [1.82, 2.24) is 20.4 Å². The summed E-state index contributed by atoms with van der Waals surface area (Å²) in [6.07, 6.45) is 0.892. The molecule has 0 spiro atoms. The van der Waals surface area contributed by atoms with Crippen molar-refractivity contribution in [2.24, 2.45) is 12.0 Å². The average Bonchev–Trinajstić information content (AvgIpc) is 3.25. The summed E-state index contributed by atoms with van der Waals surface area (Å²) in [7, 11) is 1.98. The van der Waals surface area contributed by atoms with E-state index in [0.29, 0.717) is 13.2 Å². The Labute approximate surface area is 195 Å². The van der Waals surface area contributed by atoms with Gasteiger partial charge < -0.3 is 24.8 Å². The minimum Gasteiger partial charge on any atom is -0.492 e. The molecule has 1 aromatic carbocycles. The third-order valence-corrected chi connectivity index (χ3v) is 4.87. The number of aromatic nitrogens is 2. The largest absolute Gasteiger partial charge is 0.492 e. The van der Waals surface area contributed by atoms with Crippen molar-refractivity contribution in [1.29, 1.82) is 0 Å². The van der Waals surface area contributed by atoms with Gasteiger partial charge in [-0.1, -0.05) is 0 Å². The van der Waals surface area contributed by atoms with Crippen molar-refractivity contribution < 1.29 is 14.2 Å². The third kappa shape index (κ3) is 6.16. The molecule has 0 fully saturated rings. The zero-order chi connectivity index (χ0) is 20.8. The van der Waals surface area contributed by atoms with E-state index in [4.69, 9.17) is 14.2 Å². The van der Waals surface area contributed by atoms with Crippen LogP contribution in [0.25, 0.3) is 0 Å². The van der Waals surface area contributed by atoms with E-state index in [2.05, 4.69) is 48.4 Å². The quantitative estimate of drug-likeness (QED) is 0.237. The Kier molecular flexibility index (Phi) is 9.07. The van der Waals surface area contributed by atoms with Crippen LogP contribution in [-0.4, -0.2) is 48.3 Å². The minimum atomic E-state index is 0. The number of hydrogen-bond acceptors (Lipinski definition) is 5. The summed E-state index contributed by atoms with van der Waals surface area (Å²) in [6.45, 7) is 10.5. The number of nitrogens with zero attached hydrogens (tertiary/aromatic N) is 3. The first-order valence-corrected chi connectivity index (χ1v) is 10.0. The van der Waals surface area contributed by atoms with E-state index in [9.17, 15) is 0 Å². The van der Waals surface area contributed by atoms with Gasteiger partial charge in [0.2, 0.25) is 6.79 Å². The van der Waals surface area contributed by atoms with E-state index in [1.54, 1.807) is 0 Å². The summed E-state index contributed by atoms with van der Waals surface area (Å²) in [5.41, 5.74) is 3.57. The van der Waals surface area contributed by atoms with Gasteiger partial charge in [-0.2, -0.15) is 5.10 Å². The molecule has 1 aliphatic heterocycles. The molecule has 0 aliphatic carbocycles. The fourth-order valence-corrected chi connectivity index (χ4v) is 3.31.